The van der Waals surface area contributed by atoms with Crippen molar-refractivity contribution >= 4 is 0 Å². The van der Waals surface area contributed by atoms with Crippen LogP contribution in [0.2, 0.25) is 0 Å². The quantitative estimate of drug-likeness (QED) is 0.488. The summed E-state index contributed by atoms with van der Waals surface area (Å²) in [6, 6.07) is 0. The predicted octanol–water partition coefficient (Wildman–Crippen LogP) is 5.73. The molecule has 0 aliphatic heterocycles. The molecule has 0 bridgehead atoms. The number of rotatable bonds is 11. The summed E-state index contributed by atoms with van der Waals surface area (Å²) < 4.78 is 0. The third kappa shape index (κ3) is 15.2. The highest BCUT2D eigenvalue weighted by Gasteiger charge is 2.18. The minimum atomic E-state index is 0.435. The second-order valence-electron chi connectivity index (χ2n) is 10.3. The molecular weight excluding hydrogens is 292 g/mol. The van der Waals surface area contributed by atoms with E-state index in [2.05, 4.69) is 72.4 Å². The Morgan fingerprint density at radius 3 is 1.54 bits per heavy atom. The zero-order valence-electron chi connectivity index (χ0n) is 18.0. The Bertz CT molecular complexity index is 307. The van der Waals surface area contributed by atoms with Gasteiger partial charge in [-0.15, -0.1) is 0 Å². The Morgan fingerprint density at radius 2 is 1.21 bits per heavy atom. The van der Waals surface area contributed by atoms with Gasteiger partial charge in [0.15, 0.2) is 0 Å². The molecule has 0 saturated carbocycles. The van der Waals surface area contributed by atoms with Gasteiger partial charge >= 0.3 is 0 Å². The third-order valence-electron chi connectivity index (χ3n) is 4.46. The van der Waals surface area contributed by atoms with Gasteiger partial charge in [-0.25, -0.2) is 0 Å². The highest BCUT2D eigenvalue weighted by atomic mass is 15.1. The van der Waals surface area contributed by atoms with Gasteiger partial charge in [0.25, 0.3) is 0 Å². The molecule has 0 aliphatic carbocycles. The first kappa shape index (κ1) is 23.7. The van der Waals surface area contributed by atoms with E-state index in [4.69, 9.17) is 5.73 Å². The van der Waals surface area contributed by atoms with Gasteiger partial charge in [0.2, 0.25) is 0 Å². The van der Waals surface area contributed by atoms with Crippen molar-refractivity contribution in [3.05, 3.63) is 12.2 Å². The van der Waals surface area contributed by atoms with E-state index < -0.39 is 0 Å². The van der Waals surface area contributed by atoms with Gasteiger partial charge < -0.3 is 5.73 Å². The first-order valence-electron chi connectivity index (χ1n) is 10.0. The summed E-state index contributed by atoms with van der Waals surface area (Å²) >= 11 is 0. The lowest BCUT2D eigenvalue weighted by molar-refractivity contribution is 0.219. The molecule has 0 heterocycles. The molecule has 24 heavy (non-hydrogen) atoms. The van der Waals surface area contributed by atoms with Gasteiger partial charge in [-0.1, -0.05) is 67.5 Å². The first-order chi connectivity index (χ1) is 10.9. The van der Waals surface area contributed by atoms with Crippen molar-refractivity contribution < 1.29 is 0 Å². The lowest BCUT2D eigenvalue weighted by Gasteiger charge is -2.28. The monoisotopic (exact) mass is 338 g/mol. The Hall–Kier alpha value is -0.340. The van der Waals surface area contributed by atoms with Crippen LogP contribution in [0, 0.1) is 22.7 Å². The second kappa shape index (κ2) is 11.3. The number of hydrogen-bond donors (Lipinski definition) is 1. The molecule has 0 aromatic heterocycles. The highest BCUT2D eigenvalue weighted by Crippen LogP contribution is 2.27. The smallest absolute Gasteiger partial charge is 0.0163 e. The Morgan fingerprint density at radius 1 is 0.792 bits per heavy atom. The largest absolute Gasteiger partial charge is 0.327 e. The molecule has 0 fully saturated rings. The number of hydrogen-bond acceptors (Lipinski definition) is 2. The third-order valence-corrected chi connectivity index (χ3v) is 4.46. The summed E-state index contributed by atoms with van der Waals surface area (Å²) in [5.41, 5.74) is 6.46. The van der Waals surface area contributed by atoms with Crippen molar-refractivity contribution in [1.82, 2.24) is 4.90 Å². The average Bonchev–Trinajstić information content (AvgIpc) is 2.37. The molecule has 2 heteroatoms. The van der Waals surface area contributed by atoms with E-state index >= 15 is 0 Å². The molecule has 0 aliphatic rings. The van der Waals surface area contributed by atoms with Crippen LogP contribution in [0.4, 0.5) is 0 Å². The SMILES string of the molecule is CC(CCN(C/C=C\CN)CCC(C)CC(C)(C)C)CC(C)(C)C. The second-order valence-corrected chi connectivity index (χ2v) is 10.3. The maximum Gasteiger partial charge on any atom is 0.0163 e. The van der Waals surface area contributed by atoms with Crippen LogP contribution in [0.25, 0.3) is 0 Å². The van der Waals surface area contributed by atoms with Crippen LogP contribution < -0.4 is 5.73 Å². The van der Waals surface area contributed by atoms with Gasteiger partial charge in [0.1, 0.15) is 0 Å². The molecule has 144 valence electrons. The topological polar surface area (TPSA) is 29.3 Å². The highest BCUT2D eigenvalue weighted by molar-refractivity contribution is 4.86. The van der Waals surface area contributed by atoms with Crippen molar-refractivity contribution in [2.24, 2.45) is 28.4 Å². The Balaban J connectivity index is 4.39. The zero-order valence-corrected chi connectivity index (χ0v) is 18.0. The molecule has 2 atom stereocenters. The fraction of sp³-hybridized carbons (Fsp3) is 0.909. The van der Waals surface area contributed by atoms with E-state index in [0.29, 0.717) is 17.4 Å². The first-order valence-corrected chi connectivity index (χ1v) is 10.0. The van der Waals surface area contributed by atoms with Crippen molar-refractivity contribution in [2.75, 3.05) is 26.2 Å². The van der Waals surface area contributed by atoms with Gasteiger partial charge in [-0.05, 0) is 61.4 Å². The summed E-state index contributed by atoms with van der Waals surface area (Å²) in [5.74, 6) is 1.58. The van der Waals surface area contributed by atoms with Gasteiger partial charge in [-0.2, -0.15) is 0 Å². The maximum absolute atomic E-state index is 5.59. The normalized spacial score (nSPS) is 16.1. The summed E-state index contributed by atoms with van der Waals surface area (Å²) in [5, 5.41) is 0. The fourth-order valence-corrected chi connectivity index (χ4v) is 3.72. The average molecular weight is 339 g/mol. The van der Waals surface area contributed by atoms with Gasteiger partial charge in [-0.3, -0.25) is 4.90 Å². The Kier molecular flexibility index (Phi) is 11.1. The fourth-order valence-electron chi connectivity index (χ4n) is 3.72. The molecule has 0 spiro atoms. The molecule has 2 N–H and O–H groups in total. The molecule has 0 saturated heterocycles. The maximum atomic E-state index is 5.59. The Labute approximate surface area is 153 Å². The lowest BCUT2D eigenvalue weighted by atomic mass is 9.84. The standard InChI is InChI=1S/C22H46N2/c1-19(17-21(3,4)5)11-15-24(14-10-9-13-23)16-12-20(2)18-22(6,7)8/h9-10,19-20H,11-18,23H2,1-8H3/b10-9-. The van der Waals surface area contributed by atoms with Crippen molar-refractivity contribution in [1.29, 1.82) is 0 Å². The van der Waals surface area contributed by atoms with E-state index in [0.717, 1.165) is 18.4 Å². The molecule has 2 nitrogen and oxygen atoms in total. The van der Waals surface area contributed by atoms with Gasteiger partial charge in [0.05, 0.1) is 0 Å². The summed E-state index contributed by atoms with van der Waals surface area (Å²) in [6.07, 6.45) is 9.52. The molecule has 0 aromatic carbocycles. The zero-order chi connectivity index (χ0) is 18.8. The van der Waals surface area contributed by atoms with Crippen LogP contribution in [-0.2, 0) is 0 Å². The van der Waals surface area contributed by atoms with Crippen LogP contribution in [0.5, 0.6) is 0 Å². The van der Waals surface area contributed by atoms with E-state index in [9.17, 15) is 0 Å². The van der Waals surface area contributed by atoms with Crippen molar-refractivity contribution in [2.45, 2.75) is 81.1 Å². The van der Waals surface area contributed by atoms with Crippen molar-refractivity contribution in [3.63, 3.8) is 0 Å². The lowest BCUT2D eigenvalue weighted by Crippen LogP contribution is -2.29. The number of nitrogens with two attached hydrogens (primary N) is 1. The van der Waals surface area contributed by atoms with E-state index in [1.807, 2.05) is 0 Å². The molecular formula is C22H46N2. The van der Waals surface area contributed by atoms with Crippen LogP contribution in [-0.4, -0.2) is 31.1 Å². The van der Waals surface area contributed by atoms with Crippen molar-refractivity contribution in [3.8, 4) is 0 Å². The van der Waals surface area contributed by atoms with E-state index in [1.165, 1.54) is 38.8 Å². The summed E-state index contributed by atoms with van der Waals surface area (Å²) in [6.45, 7) is 23.0. The van der Waals surface area contributed by atoms with Crippen LogP contribution in [0.1, 0.15) is 81.1 Å². The summed E-state index contributed by atoms with van der Waals surface area (Å²) in [4.78, 5) is 2.62. The van der Waals surface area contributed by atoms with Crippen LogP contribution in [0.15, 0.2) is 12.2 Å². The van der Waals surface area contributed by atoms with E-state index in [-0.39, 0.29) is 0 Å². The molecule has 2 unspecified atom stereocenters. The summed E-state index contributed by atoms with van der Waals surface area (Å²) in [7, 11) is 0. The minimum absolute atomic E-state index is 0.435. The molecule has 0 radical (unpaired) electrons. The minimum Gasteiger partial charge on any atom is -0.327 e. The van der Waals surface area contributed by atoms with Crippen LogP contribution >= 0.6 is 0 Å². The predicted molar refractivity (Wildman–Crippen MR) is 110 cm³/mol. The molecule has 0 rings (SSSR count). The number of nitrogens with zero attached hydrogens (tertiary/aromatic N) is 1. The van der Waals surface area contributed by atoms with E-state index in [1.54, 1.807) is 0 Å². The molecule has 0 aromatic rings. The van der Waals surface area contributed by atoms with Crippen LogP contribution in [0.3, 0.4) is 0 Å². The molecule has 0 amide bonds. The van der Waals surface area contributed by atoms with Gasteiger partial charge in [0, 0.05) is 13.1 Å².